The number of hydrogen-bond acceptors (Lipinski definition) is 0. The van der Waals surface area contributed by atoms with Gasteiger partial charge in [0.15, 0.2) is 0 Å². The van der Waals surface area contributed by atoms with E-state index in [2.05, 4.69) is 219 Å². The standard InChI is InChI=1S/C54H41N/c1-54(2,3)42-28-31-47-49(35-42)53(46-23-11-10-22-45(46)52(47)37-17-8-5-9-18-37)38-25-29-43(30-26-38)55-50-24-13-12-21-44(50)48-34-41(27-32-51(48)55)40-20-14-19-39(33-40)36-15-6-4-7-16-36/h4-35H,1-3H3. The average Bonchev–Trinajstić information content (AvgIpc) is 3.56. The van der Waals surface area contributed by atoms with E-state index in [-0.39, 0.29) is 5.41 Å². The van der Waals surface area contributed by atoms with Crippen LogP contribution in [0.2, 0.25) is 0 Å². The molecule has 0 radical (unpaired) electrons. The van der Waals surface area contributed by atoms with Crippen molar-refractivity contribution in [1.29, 1.82) is 0 Å². The lowest BCUT2D eigenvalue weighted by molar-refractivity contribution is 0.591. The molecule has 0 bridgehead atoms. The normalized spacial score (nSPS) is 11.9. The highest BCUT2D eigenvalue weighted by Gasteiger charge is 2.21. The second kappa shape index (κ2) is 13.0. The molecular weight excluding hydrogens is 663 g/mol. The molecule has 55 heavy (non-hydrogen) atoms. The summed E-state index contributed by atoms with van der Waals surface area (Å²) in [6.07, 6.45) is 0. The van der Waals surface area contributed by atoms with Gasteiger partial charge in [0.2, 0.25) is 0 Å². The summed E-state index contributed by atoms with van der Waals surface area (Å²) in [7, 11) is 0. The number of rotatable bonds is 5. The van der Waals surface area contributed by atoms with Crippen molar-refractivity contribution in [2.45, 2.75) is 26.2 Å². The molecule has 0 spiro atoms. The Morgan fingerprint density at radius 3 is 1.49 bits per heavy atom. The second-order valence-corrected chi connectivity index (χ2v) is 15.8. The van der Waals surface area contributed by atoms with E-state index in [1.54, 1.807) is 0 Å². The molecule has 0 saturated carbocycles. The smallest absolute Gasteiger partial charge is 0.0541 e. The number of fused-ring (bicyclic) bond motifs is 5. The molecule has 262 valence electrons. The number of aromatic nitrogens is 1. The average molecular weight is 704 g/mol. The molecule has 0 aliphatic rings. The van der Waals surface area contributed by atoms with Crippen LogP contribution in [-0.2, 0) is 5.41 Å². The van der Waals surface area contributed by atoms with Crippen molar-refractivity contribution in [2.75, 3.05) is 0 Å². The minimum Gasteiger partial charge on any atom is -0.309 e. The highest BCUT2D eigenvalue weighted by atomic mass is 15.0. The zero-order valence-electron chi connectivity index (χ0n) is 31.4. The van der Waals surface area contributed by atoms with Gasteiger partial charge in [-0.1, -0.05) is 172 Å². The summed E-state index contributed by atoms with van der Waals surface area (Å²) >= 11 is 0. The van der Waals surface area contributed by atoms with Crippen LogP contribution in [0.4, 0.5) is 0 Å². The summed E-state index contributed by atoms with van der Waals surface area (Å²) in [5.74, 6) is 0. The van der Waals surface area contributed by atoms with Crippen LogP contribution in [0.25, 0.3) is 93.5 Å². The third-order valence-corrected chi connectivity index (χ3v) is 11.3. The van der Waals surface area contributed by atoms with Crippen LogP contribution < -0.4 is 0 Å². The molecule has 0 atom stereocenters. The van der Waals surface area contributed by atoms with Crippen molar-refractivity contribution < 1.29 is 0 Å². The van der Waals surface area contributed by atoms with Crippen LogP contribution in [0.3, 0.4) is 0 Å². The first-order valence-corrected chi connectivity index (χ1v) is 19.3. The molecule has 10 aromatic rings. The molecule has 1 heterocycles. The van der Waals surface area contributed by atoms with Gasteiger partial charge in [-0.3, -0.25) is 0 Å². The second-order valence-electron chi connectivity index (χ2n) is 15.8. The van der Waals surface area contributed by atoms with Crippen LogP contribution in [0.15, 0.2) is 194 Å². The van der Waals surface area contributed by atoms with Crippen LogP contribution >= 0.6 is 0 Å². The van der Waals surface area contributed by atoms with Crippen LogP contribution in [0.1, 0.15) is 26.3 Å². The molecule has 0 unspecified atom stereocenters. The van der Waals surface area contributed by atoms with Crippen LogP contribution in [-0.4, -0.2) is 4.57 Å². The first-order valence-electron chi connectivity index (χ1n) is 19.3. The molecule has 0 saturated heterocycles. The number of benzene rings is 9. The fraction of sp³-hybridized carbons (Fsp3) is 0.0741. The summed E-state index contributed by atoms with van der Waals surface area (Å²) in [5, 5.41) is 7.63. The topological polar surface area (TPSA) is 4.93 Å². The number of para-hydroxylation sites is 1. The third-order valence-electron chi connectivity index (χ3n) is 11.3. The van der Waals surface area contributed by atoms with Gasteiger partial charge in [-0.25, -0.2) is 0 Å². The molecule has 0 aliphatic carbocycles. The van der Waals surface area contributed by atoms with Gasteiger partial charge in [0.25, 0.3) is 0 Å². The van der Waals surface area contributed by atoms with Gasteiger partial charge in [-0.05, 0) is 119 Å². The van der Waals surface area contributed by atoms with Gasteiger partial charge in [-0.2, -0.15) is 0 Å². The van der Waals surface area contributed by atoms with Crippen LogP contribution in [0, 0.1) is 0 Å². The predicted molar refractivity (Wildman–Crippen MR) is 236 cm³/mol. The SMILES string of the molecule is CC(C)(C)c1ccc2c(-c3ccccc3)c3ccccc3c(-c3ccc(-n4c5ccccc5c5cc(-c6cccc(-c7ccccc7)c6)ccc54)cc3)c2c1. The lowest BCUT2D eigenvalue weighted by Crippen LogP contribution is -2.10. The summed E-state index contributed by atoms with van der Waals surface area (Å²) in [6, 6.07) is 71.4. The maximum Gasteiger partial charge on any atom is 0.0541 e. The van der Waals surface area contributed by atoms with E-state index in [1.165, 1.54) is 93.4 Å². The third kappa shape index (κ3) is 5.63. The van der Waals surface area contributed by atoms with E-state index in [9.17, 15) is 0 Å². The minimum absolute atomic E-state index is 0.0228. The Balaban J connectivity index is 1.14. The zero-order valence-corrected chi connectivity index (χ0v) is 31.4. The van der Waals surface area contributed by atoms with E-state index in [4.69, 9.17) is 0 Å². The fourth-order valence-electron chi connectivity index (χ4n) is 8.59. The molecule has 0 amide bonds. The summed E-state index contributed by atoms with van der Waals surface area (Å²) in [5.41, 5.74) is 14.9. The first-order chi connectivity index (χ1) is 26.9. The Morgan fingerprint density at radius 1 is 0.309 bits per heavy atom. The van der Waals surface area contributed by atoms with E-state index in [0.29, 0.717) is 0 Å². The van der Waals surface area contributed by atoms with Gasteiger partial charge in [0, 0.05) is 16.5 Å². The molecule has 1 heteroatoms. The van der Waals surface area contributed by atoms with Gasteiger partial charge in [-0.15, -0.1) is 0 Å². The largest absolute Gasteiger partial charge is 0.309 e. The van der Waals surface area contributed by atoms with Crippen molar-refractivity contribution in [3.8, 4) is 50.2 Å². The minimum atomic E-state index is 0.0228. The maximum atomic E-state index is 2.44. The Kier molecular flexibility index (Phi) is 7.78. The zero-order chi connectivity index (χ0) is 37.1. The van der Waals surface area contributed by atoms with Gasteiger partial charge in [0.05, 0.1) is 11.0 Å². The Hall–Kier alpha value is -6.70. The number of nitrogens with zero attached hydrogens (tertiary/aromatic N) is 1. The highest BCUT2D eigenvalue weighted by Crippen LogP contribution is 2.45. The fourth-order valence-corrected chi connectivity index (χ4v) is 8.59. The highest BCUT2D eigenvalue weighted by molar-refractivity contribution is 6.21. The van der Waals surface area contributed by atoms with E-state index in [0.717, 1.165) is 5.69 Å². The van der Waals surface area contributed by atoms with Crippen LogP contribution in [0.5, 0.6) is 0 Å². The van der Waals surface area contributed by atoms with E-state index in [1.807, 2.05) is 0 Å². The van der Waals surface area contributed by atoms with E-state index < -0.39 is 0 Å². The molecule has 1 aromatic heterocycles. The quantitative estimate of drug-likeness (QED) is 0.157. The van der Waals surface area contributed by atoms with Crippen molar-refractivity contribution in [2.24, 2.45) is 0 Å². The van der Waals surface area contributed by atoms with Crippen molar-refractivity contribution in [3.63, 3.8) is 0 Å². The molecule has 0 aliphatic heterocycles. The van der Waals surface area contributed by atoms with E-state index >= 15 is 0 Å². The van der Waals surface area contributed by atoms with Crippen molar-refractivity contribution in [3.05, 3.63) is 200 Å². The molecule has 0 N–H and O–H groups in total. The summed E-state index contributed by atoms with van der Waals surface area (Å²) < 4.78 is 2.42. The Bertz CT molecular complexity index is 3030. The van der Waals surface area contributed by atoms with Crippen molar-refractivity contribution in [1.82, 2.24) is 4.57 Å². The lowest BCUT2D eigenvalue weighted by atomic mass is 9.81. The lowest BCUT2D eigenvalue weighted by Gasteiger charge is -2.23. The molecule has 0 fully saturated rings. The predicted octanol–water partition coefficient (Wildman–Crippen LogP) is 15.1. The first kappa shape index (κ1) is 32.9. The molecular formula is C54H41N. The molecule has 10 rings (SSSR count). The Morgan fingerprint density at radius 2 is 0.800 bits per heavy atom. The maximum absolute atomic E-state index is 2.44. The van der Waals surface area contributed by atoms with Gasteiger partial charge < -0.3 is 4.57 Å². The van der Waals surface area contributed by atoms with Gasteiger partial charge in [0.1, 0.15) is 0 Å². The van der Waals surface area contributed by atoms with Crippen molar-refractivity contribution >= 4 is 43.4 Å². The number of hydrogen-bond donors (Lipinski definition) is 0. The summed E-state index contributed by atoms with van der Waals surface area (Å²) in [4.78, 5) is 0. The Labute approximate surface area is 322 Å². The summed E-state index contributed by atoms with van der Waals surface area (Å²) in [6.45, 7) is 6.91. The molecule has 1 nitrogen and oxygen atoms in total. The monoisotopic (exact) mass is 703 g/mol. The molecule has 9 aromatic carbocycles. The van der Waals surface area contributed by atoms with Gasteiger partial charge >= 0.3 is 0 Å².